The first-order valence-corrected chi connectivity index (χ1v) is 12.7. The van der Waals surface area contributed by atoms with Crippen molar-refractivity contribution < 1.29 is 22.7 Å². The molecule has 2 aromatic carbocycles. The number of piperidine rings is 1. The van der Waals surface area contributed by atoms with Gasteiger partial charge in [0.15, 0.2) is 6.61 Å². The summed E-state index contributed by atoms with van der Waals surface area (Å²) < 4.78 is 33.3. The summed E-state index contributed by atoms with van der Waals surface area (Å²) in [6.07, 6.45) is 4.13. The van der Waals surface area contributed by atoms with E-state index >= 15 is 0 Å². The van der Waals surface area contributed by atoms with Crippen LogP contribution in [0.5, 0.6) is 5.75 Å². The second-order valence-electron chi connectivity index (χ2n) is 8.43. The maximum atomic E-state index is 13.1. The number of aryl methyl sites for hydroxylation is 1. The molecular formula is C24H29N3O5S. The van der Waals surface area contributed by atoms with E-state index in [2.05, 4.69) is 5.32 Å². The number of hydrogen-bond donors (Lipinski definition) is 1. The summed E-state index contributed by atoms with van der Waals surface area (Å²) in [5, 5.41) is 2.72. The van der Waals surface area contributed by atoms with Gasteiger partial charge in [0.2, 0.25) is 15.9 Å². The van der Waals surface area contributed by atoms with Crippen molar-refractivity contribution in [2.75, 3.05) is 36.5 Å². The van der Waals surface area contributed by atoms with E-state index in [0.29, 0.717) is 43.1 Å². The molecule has 2 aliphatic heterocycles. The van der Waals surface area contributed by atoms with Crippen molar-refractivity contribution in [3.63, 3.8) is 0 Å². The van der Waals surface area contributed by atoms with E-state index in [9.17, 15) is 18.0 Å². The van der Waals surface area contributed by atoms with Gasteiger partial charge in [-0.15, -0.1) is 0 Å². The van der Waals surface area contributed by atoms with Gasteiger partial charge < -0.3 is 15.0 Å². The van der Waals surface area contributed by atoms with Crippen LogP contribution in [0.3, 0.4) is 0 Å². The number of ether oxygens (including phenoxy) is 1. The first-order chi connectivity index (χ1) is 15.8. The van der Waals surface area contributed by atoms with E-state index in [4.69, 9.17) is 4.74 Å². The standard InChI is InChI=1S/C24H29N3O5S/c1-18-10-11-19(15-22(18)33(30,31)26-12-3-2-4-13-26)25-23(28)17-32-21-8-5-7-20(16-21)27-14-6-9-24(27)29/h5,7-8,10-11,15-16H,2-4,6,9,12-14,17H2,1H3,(H,25,28). The van der Waals surface area contributed by atoms with Crippen molar-refractivity contribution in [1.82, 2.24) is 4.31 Å². The third kappa shape index (κ3) is 5.36. The number of amides is 2. The van der Waals surface area contributed by atoms with Crippen molar-refractivity contribution in [3.8, 4) is 5.75 Å². The first kappa shape index (κ1) is 23.3. The number of carbonyl (C=O) groups is 2. The smallest absolute Gasteiger partial charge is 0.262 e. The highest BCUT2D eigenvalue weighted by Crippen LogP contribution is 2.27. The highest BCUT2D eigenvalue weighted by Gasteiger charge is 2.27. The number of benzene rings is 2. The van der Waals surface area contributed by atoms with Gasteiger partial charge in [-0.25, -0.2) is 8.42 Å². The van der Waals surface area contributed by atoms with Crippen LogP contribution in [0.4, 0.5) is 11.4 Å². The Labute approximate surface area is 194 Å². The van der Waals surface area contributed by atoms with Gasteiger partial charge in [-0.2, -0.15) is 4.31 Å². The summed E-state index contributed by atoms with van der Waals surface area (Å²) in [7, 11) is -3.61. The van der Waals surface area contributed by atoms with Crippen LogP contribution < -0.4 is 15.0 Å². The molecule has 0 spiro atoms. The van der Waals surface area contributed by atoms with Crippen LogP contribution in [0.25, 0.3) is 0 Å². The minimum absolute atomic E-state index is 0.0829. The maximum absolute atomic E-state index is 13.1. The number of anilines is 2. The summed E-state index contributed by atoms with van der Waals surface area (Å²) in [5.41, 5.74) is 1.80. The lowest BCUT2D eigenvalue weighted by Crippen LogP contribution is -2.36. The zero-order valence-electron chi connectivity index (χ0n) is 18.7. The number of sulfonamides is 1. The average Bonchev–Trinajstić information content (AvgIpc) is 3.25. The summed E-state index contributed by atoms with van der Waals surface area (Å²) in [4.78, 5) is 26.3. The van der Waals surface area contributed by atoms with E-state index < -0.39 is 15.9 Å². The minimum Gasteiger partial charge on any atom is -0.484 e. The predicted molar refractivity (Wildman–Crippen MR) is 126 cm³/mol. The number of rotatable bonds is 7. The minimum atomic E-state index is -3.61. The molecule has 2 saturated heterocycles. The largest absolute Gasteiger partial charge is 0.484 e. The highest BCUT2D eigenvalue weighted by molar-refractivity contribution is 7.89. The Morgan fingerprint density at radius 3 is 2.55 bits per heavy atom. The van der Waals surface area contributed by atoms with E-state index in [1.165, 1.54) is 10.4 Å². The Morgan fingerprint density at radius 1 is 1.03 bits per heavy atom. The Balaban J connectivity index is 1.40. The molecule has 2 heterocycles. The Morgan fingerprint density at radius 2 is 1.82 bits per heavy atom. The zero-order valence-corrected chi connectivity index (χ0v) is 19.6. The normalized spacial score (nSPS) is 17.2. The molecule has 176 valence electrons. The summed E-state index contributed by atoms with van der Waals surface area (Å²) in [5.74, 6) is 0.169. The summed E-state index contributed by atoms with van der Waals surface area (Å²) >= 11 is 0. The molecular weight excluding hydrogens is 442 g/mol. The van der Waals surface area contributed by atoms with Crippen LogP contribution in [0.1, 0.15) is 37.7 Å². The van der Waals surface area contributed by atoms with Crippen LogP contribution >= 0.6 is 0 Å². The third-order valence-corrected chi connectivity index (χ3v) is 8.02. The molecule has 9 heteroatoms. The quantitative estimate of drug-likeness (QED) is 0.668. The Bertz CT molecular complexity index is 1140. The molecule has 0 aromatic heterocycles. The van der Waals surface area contributed by atoms with Gasteiger partial charge in [0.05, 0.1) is 4.90 Å². The van der Waals surface area contributed by atoms with Crippen LogP contribution in [-0.2, 0) is 19.6 Å². The van der Waals surface area contributed by atoms with Crippen molar-refractivity contribution in [2.45, 2.75) is 43.9 Å². The molecule has 0 unspecified atom stereocenters. The fourth-order valence-corrected chi connectivity index (χ4v) is 5.98. The van der Waals surface area contributed by atoms with E-state index in [-0.39, 0.29) is 17.4 Å². The molecule has 2 aliphatic rings. The average molecular weight is 472 g/mol. The van der Waals surface area contributed by atoms with Gasteiger partial charge in [0.25, 0.3) is 5.91 Å². The van der Waals surface area contributed by atoms with Gasteiger partial charge in [0.1, 0.15) is 5.75 Å². The third-order valence-electron chi connectivity index (χ3n) is 5.98. The molecule has 2 aromatic rings. The summed E-state index contributed by atoms with van der Waals surface area (Å²) in [6, 6.07) is 12.0. The number of nitrogens with one attached hydrogen (secondary N) is 1. The number of hydrogen-bond acceptors (Lipinski definition) is 5. The van der Waals surface area contributed by atoms with Gasteiger partial charge >= 0.3 is 0 Å². The molecule has 2 amide bonds. The molecule has 0 aliphatic carbocycles. The molecule has 4 rings (SSSR count). The highest BCUT2D eigenvalue weighted by atomic mass is 32.2. The number of carbonyl (C=O) groups excluding carboxylic acids is 2. The van der Waals surface area contributed by atoms with Crippen molar-refractivity contribution in [3.05, 3.63) is 48.0 Å². The van der Waals surface area contributed by atoms with Gasteiger partial charge in [-0.1, -0.05) is 18.6 Å². The monoisotopic (exact) mass is 471 g/mol. The van der Waals surface area contributed by atoms with E-state index in [1.54, 1.807) is 42.2 Å². The van der Waals surface area contributed by atoms with E-state index in [1.807, 2.05) is 6.07 Å². The molecule has 0 radical (unpaired) electrons. The lowest BCUT2D eigenvalue weighted by Gasteiger charge is -2.26. The SMILES string of the molecule is Cc1ccc(NC(=O)COc2cccc(N3CCCC3=O)c2)cc1S(=O)(=O)N1CCCCC1. The molecule has 0 bridgehead atoms. The predicted octanol–water partition coefficient (Wildman–Crippen LogP) is 3.31. The second-order valence-corrected chi connectivity index (χ2v) is 10.3. The van der Waals surface area contributed by atoms with Gasteiger partial charge in [-0.05, 0) is 56.0 Å². The Kier molecular flexibility index (Phi) is 6.99. The molecule has 33 heavy (non-hydrogen) atoms. The fraction of sp³-hybridized carbons (Fsp3) is 0.417. The molecule has 8 nitrogen and oxygen atoms in total. The first-order valence-electron chi connectivity index (χ1n) is 11.3. The van der Waals surface area contributed by atoms with Crippen LogP contribution in [-0.4, -0.2) is 50.8 Å². The van der Waals surface area contributed by atoms with Crippen LogP contribution in [0.2, 0.25) is 0 Å². The molecule has 2 fully saturated rings. The zero-order chi connectivity index (χ0) is 23.4. The lowest BCUT2D eigenvalue weighted by atomic mass is 10.2. The van der Waals surface area contributed by atoms with Crippen LogP contribution in [0, 0.1) is 6.92 Å². The van der Waals surface area contributed by atoms with Crippen LogP contribution in [0.15, 0.2) is 47.4 Å². The van der Waals surface area contributed by atoms with Crippen molar-refractivity contribution >= 4 is 33.2 Å². The van der Waals surface area contributed by atoms with Gasteiger partial charge in [0, 0.05) is 43.5 Å². The second kappa shape index (κ2) is 9.93. The fourth-order valence-electron chi connectivity index (χ4n) is 4.21. The molecule has 0 atom stereocenters. The topological polar surface area (TPSA) is 96.0 Å². The summed E-state index contributed by atoms with van der Waals surface area (Å²) in [6.45, 7) is 3.24. The van der Waals surface area contributed by atoms with Crippen molar-refractivity contribution in [1.29, 1.82) is 0 Å². The molecule has 0 saturated carbocycles. The Hall–Kier alpha value is -2.91. The number of nitrogens with zero attached hydrogens (tertiary/aromatic N) is 2. The van der Waals surface area contributed by atoms with Crippen molar-refractivity contribution in [2.24, 2.45) is 0 Å². The lowest BCUT2D eigenvalue weighted by molar-refractivity contribution is -0.118. The van der Waals surface area contributed by atoms with E-state index in [0.717, 1.165) is 31.4 Å². The van der Waals surface area contributed by atoms with Gasteiger partial charge in [-0.3, -0.25) is 9.59 Å². The maximum Gasteiger partial charge on any atom is 0.262 e. The molecule has 1 N–H and O–H groups in total.